The van der Waals surface area contributed by atoms with Crippen LogP contribution in [0.4, 0.5) is 0 Å². The first-order valence-electron chi connectivity index (χ1n) is 30.7. The molecule has 0 aromatic rings. The molecule has 1 aliphatic rings. The topological polar surface area (TPSA) is 282 Å². The largest absolute Gasteiger partial charge is 0.390 e. The van der Waals surface area contributed by atoms with Gasteiger partial charge in [-0.1, -0.05) is 109 Å². The summed E-state index contributed by atoms with van der Waals surface area (Å²) >= 11 is 0. The van der Waals surface area contributed by atoms with Crippen LogP contribution in [0, 0.1) is 41.4 Å². The Balaban J connectivity index is 4.32. The van der Waals surface area contributed by atoms with Crippen LogP contribution in [0.15, 0.2) is 12.2 Å². The number of carbonyl (C=O) groups excluding carboxylic acids is 10. The molecule has 13 atom stereocenters. The Hall–Kier alpha value is -5.68. The van der Waals surface area contributed by atoms with Crippen molar-refractivity contribution in [3.8, 4) is 0 Å². The first-order chi connectivity index (χ1) is 39.2. The zero-order valence-corrected chi connectivity index (χ0v) is 56.2. The Kier molecular flexibility index (Phi) is 32.0. The minimum atomic E-state index is -1.60. The van der Waals surface area contributed by atoms with Crippen LogP contribution in [0.2, 0.25) is 0 Å². The van der Waals surface area contributed by atoms with Gasteiger partial charge in [0.15, 0.2) is 0 Å². The van der Waals surface area contributed by atoms with Gasteiger partial charge in [-0.05, 0) is 108 Å². The second-order valence-corrected chi connectivity index (χ2v) is 26.3. The van der Waals surface area contributed by atoms with E-state index in [-0.39, 0.29) is 55.8 Å². The van der Waals surface area contributed by atoms with Crippen molar-refractivity contribution in [1.82, 2.24) is 55.6 Å². The molecule has 1 fully saturated rings. The van der Waals surface area contributed by atoms with E-state index >= 15 is 9.59 Å². The highest BCUT2D eigenvalue weighted by Crippen LogP contribution is 2.26. The van der Waals surface area contributed by atoms with E-state index in [1.165, 1.54) is 80.8 Å². The fourth-order valence-corrected chi connectivity index (χ4v) is 10.8. The van der Waals surface area contributed by atoms with Gasteiger partial charge in [0.1, 0.15) is 54.6 Å². The summed E-state index contributed by atoms with van der Waals surface area (Å²) in [6.07, 6.45) is 1.70. The summed E-state index contributed by atoms with van der Waals surface area (Å²) in [5.74, 6) is -8.75. The number of amides is 10. The van der Waals surface area contributed by atoms with Crippen LogP contribution in [0.5, 0.6) is 0 Å². The van der Waals surface area contributed by atoms with Crippen LogP contribution in [-0.4, -0.2) is 232 Å². The molecule has 23 heteroatoms. The molecular weight excluding hydrogens is 1090 g/mol. The lowest BCUT2D eigenvalue weighted by Crippen LogP contribution is -2.63. The predicted molar refractivity (Wildman–Crippen MR) is 329 cm³/mol. The van der Waals surface area contributed by atoms with Crippen molar-refractivity contribution in [3.63, 3.8) is 0 Å². The lowest BCUT2D eigenvalue weighted by Gasteiger charge is -2.42. The third-order valence-corrected chi connectivity index (χ3v) is 16.3. The van der Waals surface area contributed by atoms with Gasteiger partial charge in [0.25, 0.3) is 0 Å². The van der Waals surface area contributed by atoms with E-state index in [9.17, 15) is 48.6 Å². The van der Waals surface area contributed by atoms with Crippen LogP contribution in [0.25, 0.3) is 0 Å². The number of nitrogens with zero attached hydrogens (tertiary/aromatic N) is 7. The summed E-state index contributed by atoms with van der Waals surface area (Å²) in [5.41, 5.74) is 0. The summed E-state index contributed by atoms with van der Waals surface area (Å²) < 4.78 is 0. The zero-order valence-electron chi connectivity index (χ0n) is 56.2. The second kappa shape index (κ2) is 35.2. The van der Waals surface area contributed by atoms with Crippen molar-refractivity contribution >= 4 is 59.1 Å². The van der Waals surface area contributed by atoms with E-state index < -0.39 is 156 Å². The number of hydrogen-bond donors (Lipinski definition) is 6. The van der Waals surface area contributed by atoms with E-state index in [1.54, 1.807) is 61.5 Å². The summed E-state index contributed by atoms with van der Waals surface area (Å²) in [6.45, 7) is 29.6. The van der Waals surface area contributed by atoms with Crippen LogP contribution >= 0.6 is 0 Å². The molecule has 0 saturated carbocycles. The number of allylic oxidation sites excluding steroid dienone is 2. The summed E-state index contributed by atoms with van der Waals surface area (Å²) in [7, 11) is 10.1. The van der Waals surface area contributed by atoms with Crippen LogP contribution in [-0.2, 0) is 47.9 Å². The molecule has 1 saturated heterocycles. The van der Waals surface area contributed by atoms with Gasteiger partial charge in [0.05, 0.1) is 24.7 Å². The maximum absolute atomic E-state index is 15.1. The van der Waals surface area contributed by atoms with Gasteiger partial charge in [-0.25, -0.2) is 0 Å². The molecule has 10 amide bonds. The Bertz CT molecular complexity index is 2280. The van der Waals surface area contributed by atoms with Gasteiger partial charge in [-0.2, -0.15) is 0 Å². The molecule has 0 aromatic heterocycles. The van der Waals surface area contributed by atoms with Crippen molar-refractivity contribution in [2.45, 2.75) is 229 Å². The first kappa shape index (κ1) is 77.3. The number of nitrogens with one attached hydrogen (secondary N) is 4. The molecule has 23 nitrogen and oxygen atoms in total. The highest BCUT2D eigenvalue weighted by atomic mass is 16.3. The molecular formula is C62H113N11O12. The van der Waals surface area contributed by atoms with Gasteiger partial charge in [-0.3, -0.25) is 52.8 Å². The highest BCUT2D eigenvalue weighted by Gasteiger charge is 2.46. The van der Waals surface area contributed by atoms with Crippen molar-refractivity contribution in [3.05, 3.63) is 12.2 Å². The summed E-state index contributed by atoms with van der Waals surface area (Å²) in [5, 5.41) is 35.1. The lowest BCUT2D eigenvalue weighted by molar-refractivity contribution is -0.157. The van der Waals surface area contributed by atoms with Crippen molar-refractivity contribution in [1.29, 1.82) is 0 Å². The number of rotatable bonds is 15. The maximum atomic E-state index is 15.1. The molecule has 1 unspecified atom stereocenters. The summed E-state index contributed by atoms with van der Waals surface area (Å²) in [4.78, 5) is 155. The Morgan fingerprint density at radius 3 is 1.42 bits per heavy atom. The maximum Gasteiger partial charge on any atom is 0.246 e. The molecule has 0 radical (unpaired) electrons. The van der Waals surface area contributed by atoms with Gasteiger partial charge < -0.3 is 60.9 Å². The Morgan fingerprint density at radius 2 is 0.953 bits per heavy atom. The van der Waals surface area contributed by atoms with Gasteiger partial charge in [0.2, 0.25) is 59.1 Å². The fourth-order valence-electron chi connectivity index (χ4n) is 10.8. The van der Waals surface area contributed by atoms with Crippen LogP contribution in [0.1, 0.15) is 156 Å². The molecule has 0 spiro atoms. The minimum absolute atomic E-state index is 0.0276. The molecule has 85 heavy (non-hydrogen) atoms. The summed E-state index contributed by atoms with van der Waals surface area (Å²) in [6, 6.07) is -11.9. The van der Waals surface area contributed by atoms with Gasteiger partial charge in [0, 0.05) is 42.3 Å². The molecule has 0 aromatic carbocycles. The van der Waals surface area contributed by atoms with Crippen LogP contribution in [0.3, 0.4) is 0 Å². The van der Waals surface area contributed by atoms with Crippen LogP contribution < -0.4 is 21.3 Å². The first-order valence-corrected chi connectivity index (χ1v) is 30.7. The normalized spacial score (nSPS) is 28.0. The molecule has 6 N–H and O–H groups in total. The molecule has 0 aliphatic carbocycles. The third-order valence-electron chi connectivity index (χ3n) is 16.3. The molecule has 488 valence electrons. The molecule has 1 rings (SSSR count). The number of aliphatic hydroxyl groups is 2. The molecule has 0 bridgehead atoms. The smallest absolute Gasteiger partial charge is 0.246 e. The zero-order chi connectivity index (χ0) is 66.0. The number of carbonyl (C=O) groups is 10. The monoisotopic (exact) mass is 1200 g/mol. The standard InChI is InChI=1S/C62H113N11O12/c1-25-27-28-40(15)52(75)51-56(79)65-43(26-2)58(81)67(18)33-48(74)68(19)44(29-34(3)4)55(78)66-49(38(11)12)61(84)69(20)45(30-35(5)6)54(77)63-41(16)53(76)64-42(17)57(80)70(21)46(31-36(7)8)59(82)71(22)47(32-37(9)10)60(83)72(23)50(39(13)14)62(85)73(51)24/h25,27,34-47,49-52,57,75,80H,26,28-33H2,1-24H3,(H,63,77)(H,64,76)(H,65,79)(H,66,78)/b27-25+/t40-,41+,42-,43+,44+,45+,46+,47+,49+,50+,51+,52-,57?/m1/s1. The lowest BCUT2D eigenvalue weighted by atomic mass is 9.91. The van der Waals surface area contributed by atoms with E-state index in [2.05, 4.69) is 21.3 Å². The second-order valence-electron chi connectivity index (χ2n) is 26.3. The average molecular weight is 1200 g/mol. The Morgan fingerprint density at radius 1 is 0.506 bits per heavy atom. The number of hydrogen-bond acceptors (Lipinski definition) is 13. The van der Waals surface area contributed by atoms with Crippen molar-refractivity contribution in [2.75, 3.05) is 55.9 Å². The highest BCUT2D eigenvalue weighted by molar-refractivity contribution is 5.98. The Labute approximate surface area is 509 Å². The molecule has 1 heterocycles. The van der Waals surface area contributed by atoms with E-state index in [0.717, 1.165) is 9.80 Å². The predicted octanol–water partition coefficient (Wildman–Crippen LogP) is 3.06. The quantitative estimate of drug-likeness (QED) is 0.129. The van der Waals surface area contributed by atoms with Crippen molar-refractivity contribution < 1.29 is 58.2 Å². The number of aliphatic hydroxyl groups excluding tert-OH is 2. The minimum Gasteiger partial charge on any atom is -0.390 e. The van der Waals surface area contributed by atoms with Gasteiger partial charge >= 0.3 is 0 Å². The molecule has 1 aliphatic heterocycles. The average Bonchev–Trinajstić information content (AvgIpc) is 3.62. The van der Waals surface area contributed by atoms with Gasteiger partial charge in [-0.15, -0.1) is 0 Å². The van der Waals surface area contributed by atoms with E-state index in [4.69, 9.17) is 0 Å². The van der Waals surface area contributed by atoms with E-state index in [1.807, 2.05) is 61.5 Å². The van der Waals surface area contributed by atoms with Crippen molar-refractivity contribution in [2.24, 2.45) is 41.4 Å². The van der Waals surface area contributed by atoms with E-state index in [0.29, 0.717) is 6.42 Å². The number of likely N-dealkylation sites (N-methyl/N-ethyl adjacent to an activating group) is 7. The third kappa shape index (κ3) is 21.9. The SMILES string of the molecule is C/C=C/C[C@@H](C)[C@@H](O)[C@H]1C(=O)N[C@@H](CC)C(=O)N(C)CC(=O)N(C)[C@@H](CC(C)C)C(=O)N[C@@H](C(C)C)C(=O)N(C)[C@@H](CC(C)C)C(=O)N[C@@H](C)C(=O)N[C@H](C)C(O)N(C)[C@@H](CC(C)C)C(=O)N(C)[C@@H](CC(C)C)C(=O)N(C)[C@@H](C(C)C)C(=O)N1C. The fraction of sp³-hybridized carbons (Fsp3) is 0.806.